The predicted molar refractivity (Wildman–Crippen MR) is 53.6 cm³/mol. The quantitative estimate of drug-likeness (QED) is 0.660. The van der Waals surface area contributed by atoms with E-state index in [1.807, 2.05) is 18.2 Å². The van der Waals surface area contributed by atoms with Gasteiger partial charge in [-0.3, -0.25) is 0 Å². The summed E-state index contributed by atoms with van der Waals surface area (Å²) < 4.78 is 0. The molecule has 1 aromatic rings. The fraction of sp³-hybridized carbons (Fsp3) is 0.455. The third-order valence-corrected chi connectivity index (χ3v) is 2.81. The number of aliphatic hydroxyl groups excluding tert-OH is 2. The van der Waals surface area contributed by atoms with Gasteiger partial charge in [0.1, 0.15) is 6.10 Å². The molecule has 0 saturated heterocycles. The highest BCUT2D eigenvalue weighted by Crippen LogP contribution is 2.42. The van der Waals surface area contributed by atoms with Crippen LogP contribution in [0.2, 0.25) is 0 Å². The minimum atomic E-state index is -0.794. The first-order valence-corrected chi connectivity index (χ1v) is 4.84. The maximum Gasteiger partial charge on any atom is 0.102 e. The van der Waals surface area contributed by atoms with Crippen LogP contribution in [0.4, 0.5) is 0 Å². The Labute approximate surface area is 83.2 Å². The molecule has 0 aromatic heterocycles. The topological polar surface area (TPSA) is 66.5 Å². The molecule has 0 spiro atoms. The number of hydrogen-bond donors (Lipinski definition) is 3. The third-order valence-electron chi connectivity index (χ3n) is 2.81. The lowest BCUT2D eigenvalue weighted by Crippen LogP contribution is -2.19. The molecule has 4 N–H and O–H groups in total. The van der Waals surface area contributed by atoms with Crippen molar-refractivity contribution < 1.29 is 10.2 Å². The van der Waals surface area contributed by atoms with Crippen LogP contribution in [0.3, 0.4) is 0 Å². The predicted octanol–water partition coefficient (Wildman–Crippen LogP) is 0.660. The van der Waals surface area contributed by atoms with Crippen LogP contribution < -0.4 is 5.73 Å². The van der Waals surface area contributed by atoms with Crippen molar-refractivity contribution in [2.75, 3.05) is 6.61 Å². The molecular weight excluding hydrogens is 178 g/mol. The van der Waals surface area contributed by atoms with E-state index in [2.05, 4.69) is 0 Å². The van der Waals surface area contributed by atoms with Crippen LogP contribution in [0.15, 0.2) is 24.3 Å². The standard InChI is InChI=1S/C11H15NO2/c12-11(4-5-11)9-3-1-2-8(6-9)10(14)7-13/h1-3,6,10,13-14H,4-5,7,12H2. The second kappa shape index (κ2) is 3.35. The minimum Gasteiger partial charge on any atom is -0.393 e. The number of nitrogens with two attached hydrogens (primary N) is 1. The molecule has 1 atom stereocenters. The summed E-state index contributed by atoms with van der Waals surface area (Å²) in [6.45, 7) is -0.249. The Morgan fingerprint density at radius 1 is 1.43 bits per heavy atom. The van der Waals surface area contributed by atoms with Gasteiger partial charge in [-0.15, -0.1) is 0 Å². The molecule has 76 valence electrons. The number of aliphatic hydroxyl groups is 2. The molecule has 0 bridgehead atoms. The highest BCUT2D eigenvalue weighted by atomic mass is 16.3. The van der Waals surface area contributed by atoms with Gasteiger partial charge in [0.25, 0.3) is 0 Å². The molecule has 0 aliphatic heterocycles. The van der Waals surface area contributed by atoms with Gasteiger partial charge in [0, 0.05) is 5.54 Å². The Balaban J connectivity index is 2.27. The first kappa shape index (κ1) is 9.65. The highest BCUT2D eigenvalue weighted by Gasteiger charge is 2.39. The van der Waals surface area contributed by atoms with Gasteiger partial charge in [-0.25, -0.2) is 0 Å². The lowest BCUT2D eigenvalue weighted by atomic mass is 10.0. The molecule has 1 aromatic carbocycles. The van der Waals surface area contributed by atoms with Gasteiger partial charge in [-0.05, 0) is 24.0 Å². The van der Waals surface area contributed by atoms with Crippen molar-refractivity contribution in [3.63, 3.8) is 0 Å². The molecule has 3 heteroatoms. The van der Waals surface area contributed by atoms with Crippen molar-refractivity contribution in [1.82, 2.24) is 0 Å². The largest absolute Gasteiger partial charge is 0.393 e. The Hall–Kier alpha value is -0.900. The fourth-order valence-electron chi connectivity index (χ4n) is 1.58. The van der Waals surface area contributed by atoms with E-state index in [9.17, 15) is 5.11 Å². The molecule has 0 heterocycles. The molecular formula is C11H15NO2. The smallest absolute Gasteiger partial charge is 0.102 e. The normalized spacial score (nSPS) is 20.5. The Morgan fingerprint density at radius 3 is 2.71 bits per heavy atom. The van der Waals surface area contributed by atoms with Gasteiger partial charge in [-0.1, -0.05) is 24.3 Å². The number of hydrogen-bond acceptors (Lipinski definition) is 3. The molecule has 1 aliphatic rings. The zero-order valence-electron chi connectivity index (χ0n) is 7.98. The average Bonchev–Trinajstić information content (AvgIpc) is 2.97. The summed E-state index contributed by atoms with van der Waals surface area (Å²) in [4.78, 5) is 0. The van der Waals surface area contributed by atoms with E-state index in [1.165, 1.54) is 0 Å². The molecule has 1 unspecified atom stereocenters. The SMILES string of the molecule is NC1(c2cccc(C(O)CO)c2)CC1. The fourth-order valence-corrected chi connectivity index (χ4v) is 1.58. The summed E-state index contributed by atoms with van der Waals surface area (Å²) in [6, 6.07) is 7.53. The van der Waals surface area contributed by atoms with Gasteiger partial charge in [0.15, 0.2) is 0 Å². The molecule has 0 radical (unpaired) electrons. The first-order valence-electron chi connectivity index (χ1n) is 4.84. The van der Waals surface area contributed by atoms with E-state index in [0.29, 0.717) is 0 Å². The molecule has 3 nitrogen and oxygen atoms in total. The summed E-state index contributed by atoms with van der Waals surface area (Å²) in [6.07, 6.45) is 1.22. The van der Waals surface area contributed by atoms with E-state index in [0.717, 1.165) is 24.0 Å². The maximum atomic E-state index is 9.45. The van der Waals surface area contributed by atoms with E-state index < -0.39 is 6.10 Å². The molecule has 1 saturated carbocycles. The lowest BCUT2D eigenvalue weighted by Gasteiger charge is -2.13. The summed E-state index contributed by atoms with van der Waals surface area (Å²) in [5.74, 6) is 0. The van der Waals surface area contributed by atoms with Crippen molar-refractivity contribution in [2.24, 2.45) is 5.73 Å². The summed E-state index contributed by atoms with van der Waals surface area (Å²) in [7, 11) is 0. The van der Waals surface area contributed by atoms with Gasteiger partial charge < -0.3 is 15.9 Å². The molecule has 2 rings (SSSR count). The molecule has 0 amide bonds. The summed E-state index contributed by atoms with van der Waals surface area (Å²) >= 11 is 0. The summed E-state index contributed by atoms with van der Waals surface area (Å²) in [5.41, 5.74) is 7.65. The van der Waals surface area contributed by atoms with Crippen LogP contribution in [-0.2, 0) is 5.54 Å². The van der Waals surface area contributed by atoms with Gasteiger partial charge in [0.05, 0.1) is 6.61 Å². The molecule has 1 aliphatic carbocycles. The van der Waals surface area contributed by atoms with Crippen molar-refractivity contribution in [3.8, 4) is 0 Å². The van der Waals surface area contributed by atoms with E-state index in [4.69, 9.17) is 10.8 Å². The monoisotopic (exact) mass is 193 g/mol. The Bertz CT molecular complexity index is 334. The summed E-state index contributed by atoms with van der Waals surface area (Å²) in [5, 5.41) is 18.3. The van der Waals surface area contributed by atoms with E-state index in [-0.39, 0.29) is 12.1 Å². The number of benzene rings is 1. The Kier molecular flexibility index (Phi) is 2.31. The minimum absolute atomic E-state index is 0.175. The maximum absolute atomic E-state index is 9.45. The molecule has 1 fully saturated rings. The zero-order valence-corrected chi connectivity index (χ0v) is 7.98. The lowest BCUT2D eigenvalue weighted by molar-refractivity contribution is 0.0955. The van der Waals surface area contributed by atoms with Crippen molar-refractivity contribution in [3.05, 3.63) is 35.4 Å². The van der Waals surface area contributed by atoms with Crippen LogP contribution >= 0.6 is 0 Å². The first-order chi connectivity index (χ1) is 6.65. The molecule has 14 heavy (non-hydrogen) atoms. The van der Waals surface area contributed by atoms with Gasteiger partial charge in [-0.2, -0.15) is 0 Å². The van der Waals surface area contributed by atoms with Crippen molar-refractivity contribution >= 4 is 0 Å². The number of rotatable bonds is 3. The van der Waals surface area contributed by atoms with Crippen LogP contribution in [0, 0.1) is 0 Å². The highest BCUT2D eigenvalue weighted by molar-refractivity contribution is 5.34. The van der Waals surface area contributed by atoms with E-state index >= 15 is 0 Å². The van der Waals surface area contributed by atoms with Crippen molar-refractivity contribution in [1.29, 1.82) is 0 Å². The van der Waals surface area contributed by atoms with Crippen LogP contribution in [-0.4, -0.2) is 16.8 Å². The van der Waals surface area contributed by atoms with Crippen LogP contribution in [0.25, 0.3) is 0 Å². The Morgan fingerprint density at radius 2 is 2.14 bits per heavy atom. The zero-order chi connectivity index (χ0) is 10.2. The second-order valence-electron chi connectivity index (χ2n) is 3.98. The third kappa shape index (κ3) is 1.66. The van der Waals surface area contributed by atoms with Gasteiger partial charge in [0.2, 0.25) is 0 Å². The van der Waals surface area contributed by atoms with Gasteiger partial charge >= 0.3 is 0 Å². The van der Waals surface area contributed by atoms with E-state index in [1.54, 1.807) is 6.07 Å². The van der Waals surface area contributed by atoms with Crippen LogP contribution in [0.1, 0.15) is 30.1 Å². The second-order valence-corrected chi connectivity index (χ2v) is 3.98. The van der Waals surface area contributed by atoms with Crippen molar-refractivity contribution in [2.45, 2.75) is 24.5 Å². The average molecular weight is 193 g/mol. The van der Waals surface area contributed by atoms with Crippen LogP contribution in [0.5, 0.6) is 0 Å².